The molecule has 54 valence electrons. The molecule has 2 rings (SSSR count). The molecule has 2 heterocycles. The topological polar surface area (TPSA) is 49.9 Å². The first-order valence-electron chi connectivity index (χ1n) is 3.09. The van der Waals surface area contributed by atoms with Crippen LogP contribution in [0.2, 0.25) is 0 Å². The fraction of sp³-hybridized carbons (Fsp3) is 0.333. The standard InChI is InChI=1S/C6H7NO2S/c8-10(9)4-2-5-6(10)1-3-7-5/h1,3,7H,2,4H2. The summed E-state index contributed by atoms with van der Waals surface area (Å²) in [5.74, 6) is 0.273. The molecule has 0 radical (unpaired) electrons. The Kier molecular flexibility index (Phi) is 0.976. The zero-order valence-electron chi connectivity index (χ0n) is 5.29. The van der Waals surface area contributed by atoms with Gasteiger partial charge < -0.3 is 4.98 Å². The van der Waals surface area contributed by atoms with Crippen LogP contribution < -0.4 is 0 Å². The van der Waals surface area contributed by atoms with Gasteiger partial charge in [-0.3, -0.25) is 0 Å². The van der Waals surface area contributed by atoms with Crippen molar-refractivity contribution in [3.8, 4) is 0 Å². The van der Waals surface area contributed by atoms with E-state index >= 15 is 0 Å². The molecule has 1 aliphatic rings. The van der Waals surface area contributed by atoms with Crippen molar-refractivity contribution in [3.63, 3.8) is 0 Å². The van der Waals surface area contributed by atoms with Gasteiger partial charge in [0.1, 0.15) is 0 Å². The molecule has 0 fully saturated rings. The Morgan fingerprint density at radius 1 is 1.50 bits per heavy atom. The van der Waals surface area contributed by atoms with E-state index in [9.17, 15) is 8.42 Å². The van der Waals surface area contributed by atoms with E-state index in [1.807, 2.05) is 0 Å². The Labute approximate surface area is 59.0 Å². The average molecular weight is 157 g/mol. The minimum atomic E-state index is -2.89. The third-order valence-electron chi connectivity index (χ3n) is 1.75. The van der Waals surface area contributed by atoms with Crippen molar-refractivity contribution in [2.24, 2.45) is 0 Å². The van der Waals surface area contributed by atoms with Crippen molar-refractivity contribution in [2.75, 3.05) is 5.75 Å². The van der Waals surface area contributed by atoms with E-state index in [2.05, 4.69) is 4.98 Å². The molecular weight excluding hydrogens is 150 g/mol. The molecule has 0 bridgehead atoms. The van der Waals surface area contributed by atoms with Gasteiger partial charge in [0.25, 0.3) is 0 Å². The van der Waals surface area contributed by atoms with Gasteiger partial charge in [0.15, 0.2) is 9.84 Å². The number of hydrogen-bond donors (Lipinski definition) is 1. The van der Waals surface area contributed by atoms with Crippen LogP contribution in [0.25, 0.3) is 0 Å². The summed E-state index contributed by atoms with van der Waals surface area (Å²) in [4.78, 5) is 3.39. The third kappa shape index (κ3) is 0.623. The first-order valence-corrected chi connectivity index (χ1v) is 4.74. The molecule has 1 aromatic heterocycles. The van der Waals surface area contributed by atoms with E-state index in [1.54, 1.807) is 12.3 Å². The van der Waals surface area contributed by atoms with Crippen LogP contribution in [0.5, 0.6) is 0 Å². The largest absolute Gasteiger partial charge is 0.364 e. The fourth-order valence-corrected chi connectivity index (χ4v) is 2.73. The van der Waals surface area contributed by atoms with E-state index in [-0.39, 0.29) is 5.75 Å². The molecule has 0 atom stereocenters. The molecule has 0 amide bonds. The summed E-state index contributed by atoms with van der Waals surface area (Å²) >= 11 is 0. The van der Waals surface area contributed by atoms with Gasteiger partial charge in [-0.1, -0.05) is 0 Å². The summed E-state index contributed by atoms with van der Waals surface area (Å²) in [6, 6.07) is 1.62. The Balaban J connectivity index is 2.76. The lowest BCUT2D eigenvalue weighted by molar-refractivity contribution is 0.600. The van der Waals surface area contributed by atoms with Crippen LogP contribution in [0, 0.1) is 0 Å². The van der Waals surface area contributed by atoms with Crippen molar-refractivity contribution in [1.82, 2.24) is 4.98 Å². The van der Waals surface area contributed by atoms with Gasteiger partial charge in [-0.15, -0.1) is 0 Å². The molecule has 10 heavy (non-hydrogen) atoms. The number of hydrogen-bond acceptors (Lipinski definition) is 2. The average Bonchev–Trinajstić information content (AvgIpc) is 2.36. The highest BCUT2D eigenvalue weighted by atomic mass is 32.2. The summed E-state index contributed by atoms with van der Waals surface area (Å²) in [7, 11) is -2.89. The predicted octanol–water partition coefficient (Wildman–Crippen LogP) is 0.345. The van der Waals surface area contributed by atoms with Crippen LogP contribution in [0.4, 0.5) is 0 Å². The maximum atomic E-state index is 11.1. The van der Waals surface area contributed by atoms with Crippen LogP contribution in [0.3, 0.4) is 0 Å². The number of nitrogens with one attached hydrogen (secondary N) is 1. The van der Waals surface area contributed by atoms with Gasteiger partial charge in [-0.25, -0.2) is 8.42 Å². The van der Waals surface area contributed by atoms with Crippen molar-refractivity contribution in [2.45, 2.75) is 11.3 Å². The van der Waals surface area contributed by atoms with E-state index in [0.29, 0.717) is 11.3 Å². The van der Waals surface area contributed by atoms with E-state index in [4.69, 9.17) is 0 Å². The minimum Gasteiger partial charge on any atom is -0.364 e. The van der Waals surface area contributed by atoms with Gasteiger partial charge >= 0.3 is 0 Å². The van der Waals surface area contributed by atoms with Crippen LogP contribution in [-0.4, -0.2) is 19.2 Å². The third-order valence-corrected chi connectivity index (χ3v) is 3.54. The molecule has 0 aliphatic carbocycles. The highest BCUT2D eigenvalue weighted by Gasteiger charge is 2.26. The van der Waals surface area contributed by atoms with Crippen LogP contribution >= 0.6 is 0 Å². The van der Waals surface area contributed by atoms with E-state index < -0.39 is 9.84 Å². The molecule has 0 aromatic carbocycles. The molecule has 1 aliphatic heterocycles. The number of sulfone groups is 1. The number of rotatable bonds is 0. The Bertz CT molecular complexity index is 350. The number of aromatic nitrogens is 1. The molecule has 0 unspecified atom stereocenters. The van der Waals surface area contributed by atoms with Gasteiger partial charge in [-0.05, 0) is 6.07 Å². The van der Waals surface area contributed by atoms with Gasteiger partial charge in [0.2, 0.25) is 0 Å². The van der Waals surface area contributed by atoms with E-state index in [0.717, 1.165) is 5.69 Å². The highest BCUT2D eigenvalue weighted by Crippen LogP contribution is 2.23. The quantitative estimate of drug-likeness (QED) is 0.590. The van der Waals surface area contributed by atoms with Crippen LogP contribution in [0.15, 0.2) is 17.2 Å². The van der Waals surface area contributed by atoms with Gasteiger partial charge in [-0.2, -0.15) is 0 Å². The lowest BCUT2D eigenvalue weighted by Crippen LogP contribution is -1.97. The molecule has 0 saturated heterocycles. The van der Waals surface area contributed by atoms with E-state index in [1.165, 1.54) is 0 Å². The number of H-pyrrole nitrogens is 1. The molecule has 3 nitrogen and oxygen atoms in total. The maximum Gasteiger partial charge on any atom is 0.180 e. The molecule has 4 heteroatoms. The molecular formula is C6H7NO2S. The lowest BCUT2D eigenvalue weighted by atomic mass is 10.4. The van der Waals surface area contributed by atoms with Crippen LogP contribution in [0.1, 0.15) is 5.69 Å². The second kappa shape index (κ2) is 1.63. The summed E-state index contributed by atoms with van der Waals surface area (Å²) in [6.45, 7) is 0. The summed E-state index contributed by atoms with van der Waals surface area (Å²) < 4.78 is 22.2. The first kappa shape index (κ1) is 5.97. The number of fused-ring (bicyclic) bond motifs is 1. The Morgan fingerprint density at radius 3 is 3.00 bits per heavy atom. The number of aryl methyl sites for hydroxylation is 1. The monoisotopic (exact) mass is 157 g/mol. The predicted molar refractivity (Wildman–Crippen MR) is 36.5 cm³/mol. The molecule has 0 saturated carbocycles. The van der Waals surface area contributed by atoms with Gasteiger partial charge in [0, 0.05) is 18.3 Å². The summed E-state index contributed by atoms with van der Waals surface area (Å²) in [6.07, 6.45) is 2.31. The van der Waals surface area contributed by atoms with Crippen LogP contribution in [-0.2, 0) is 16.3 Å². The lowest BCUT2D eigenvalue weighted by Gasteiger charge is -1.86. The molecule has 0 spiro atoms. The van der Waals surface area contributed by atoms with Gasteiger partial charge in [0.05, 0.1) is 10.6 Å². The van der Waals surface area contributed by atoms with Crippen molar-refractivity contribution in [1.29, 1.82) is 0 Å². The second-order valence-corrected chi connectivity index (χ2v) is 4.47. The minimum absolute atomic E-state index is 0.273. The van der Waals surface area contributed by atoms with Crippen molar-refractivity contribution >= 4 is 9.84 Å². The summed E-state index contributed by atoms with van der Waals surface area (Å²) in [5, 5.41) is 0. The fourth-order valence-electron chi connectivity index (χ4n) is 1.22. The zero-order chi connectivity index (χ0) is 7.19. The van der Waals surface area contributed by atoms with Crippen molar-refractivity contribution < 1.29 is 8.42 Å². The second-order valence-electron chi connectivity index (χ2n) is 2.39. The normalized spacial score (nSPS) is 20.8. The maximum absolute atomic E-state index is 11.1. The molecule has 1 aromatic rings. The highest BCUT2D eigenvalue weighted by molar-refractivity contribution is 7.91. The molecule has 1 N–H and O–H groups in total. The first-order chi connectivity index (χ1) is 4.70. The van der Waals surface area contributed by atoms with Crippen molar-refractivity contribution in [3.05, 3.63) is 18.0 Å². The zero-order valence-corrected chi connectivity index (χ0v) is 6.11. The summed E-state index contributed by atoms with van der Waals surface area (Å²) in [5.41, 5.74) is 0.861. The Hall–Kier alpha value is -0.770. The smallest absolute Gasteiger partial charge is 0.180 e. The number of aromatic amines is 1. The SMILES string of the molecule is O=S1(=O)CCc2[nH]ccc21. The Morgan fingerprint density at radius 2 is 2.30 bits per heavy atom.